The van der Waals surface area contributed by atoms with E-state index in [0.29, 0.717) is 25.9 Å². The van der Waals surface area contributed by atoms with E-state index in [9.17, 15) is 28.6 Å². The first-order valence-electron chi connectivity index (χ1n) is 6.83. The van der Waals surface area contributed by atoms with Crippen molar-refractivity contribution in [3.8, 4) is 0 Å². The van der Waals surface area contributed by atoms with E-state index in [0.717, 1.165) is 12.1 Å². The number of hydrogen-bond acceptors (Lipinski definition) is 7. The Bertz CT molecular complexity index is 712. The molecule has 0 spiro atoms. The summed E-state index contributed by atoms with van der Waals surface area (Å²) in [5.41, 5.74) is -2.21. The zero-order valence-electron chi connectivity index (χ0n) is 12.6. The Morgan fingerprint density at radius 1 is 1.04 bits per heavy atom. The molecule has 0 unspecified atom stereocenters. The second-order valence-corrected chi connectivity index (χ2v) is 6.15. The van der Waals surface area contributed by atoms with Gasteiger partial charge in [0.2, 0.25) is 0 Å². The third kappa shape index (κ3) is 4.13. The summed E-state index contributed by atoms with van der Waals surface area (Å²) in [5, 5.41) is 22.5. The van der Waals surface area contributed by atoms with E-state index in [1.807, 2.05) is 13.8 Å². The van der Waals surface area contributed by atoms with Crippen LogP contribution in [0, 0.1) is 20.2 Å². The summed E-state index contributed by atoms with van der Waals surface area (Å²) in [6, 6.07) is 1.92. The normalized spacial score (nSPS) is 11.3. The lowest BCUT2D eigenvalue weighted by molar-refractivity contribution is -0.424. The van der Waals surface area contributed by atoms with E-state index in [1.54, 1.807) is 4.90 Å². The summed E-state index contributed by atoms with van der Waals surface area (Å²) in [6.45, 7) is 4.51. The van der Waals surface area contributed by atoms with Crippen molar-refractivity contribution in [2.75, 3.05) is 18.0 Å². The van der Waals surface area contributed by atoms with Crippen LogP contribution in [-0.4, -0.2) is 35.9 Å². The van der Waals surface area contributed by atoms with Crippen LogP contribution in [0.3, 0.4) is 0 Å². The smallest absolute Gasteiger partial charge is 0.366 e. The Kier molecular flexibility index (Phi) is 5.98. The van der Waals surface area contributed by atoms with Gasteiger partial charge in [-0.15, -0.1) is 0 Å². The summed E-state index contributed by atoms with van der Waals surface area (Å²) in [4.78, 5) is 20.9. The summed E-state index contributed by atoms with van der Waals surface area (Å²) in [7, 11) is -4.97. The first kappa shape index (κ1) is 18.8. The van der Waals surface area contributed by atoms with Gasteiger partial charge in [0, 0.05) is 13.1 Å². The highest BCUT2D eigenvalue weighted by molar-refractivity contribution is 7.86. The monoisotopic (exact) mass is 347 g/mol. The molecule has 0 heterocycles. The summed E-state index contributed by atoms with van der Waals surface area (Å²) >= 11 is 0. The molecular weight excluding hydrogens is 330 g/mol. The van der Waals surface area contributed by atoms with Crippen LogP contribution in [0.4, 0.5) is 17.1 Å². The molecule has 0 saturated carbocycles. The molecule has 11 heteroatoms. The number of benzene rings is 1. The van der Waals surface area contributed by atoms with Crippen molar-refractivity contribution in [3.05, 3.63) is 32.4 Å². The number of nitro benzene ring substituents is 2. The first-order chi connectivity index (χ1) is 10.6. The Labute approximate surface area is 132 Å². The van der Waals surface area contributed by atoms with Crippen molar-refractivity contribution in [1.82, 2.24) is 0 Å². The number of rotatable bonds is 8. The first-order valence-corrected chi connectivity index (χ1v) is 8.27. The Morgan fingerprint density at radius 2 is 1.52 bits per heavy atom. The summed E-state index contributed by atoms with van der Waals surface area (Å²) in [5.74, 6) is 0. The van der Waals surface area contributed by atoms with Crippen LogP contribution < -0.4 is 4.90 Å². The van der Waals surface area contributed by atoms with Gasteiger partial charge >= 0.3 is 21.5 Å². The molecule has 0 aliphatic rings. The number of nitrogens with zero attached hydrogens (tertiary/aromatic N) is 3. The van der Waals surface area contributed by atoms with Crippen molar-refractivity contribution < 1.29 is 22.8 Å². The van der Waals surface area contributed by atoms with Crippen molar-refractivity contribution >= 4 is 27.2 Å². The molecule has 0 saturated heterocycles. The fourth-order valence-electron chi connectivity index (χ4n) is 2.26. The van der Waals surface area contributed by atoms with E-state index >= 15 is 0 Å². The minimum Gasteiger partial charge on any atom is -0.366 e. The fraction of sp³-hybridized carbons (Fsp3) is 0.500. The lowest BCUT2D eigenvalue weighted by atomic mass is 10.2. The Balaban J connectivity index is 3.77. The Hall–Kier alpha value is -2.27. The highest BCUT2D eigenvalue weighted by Gasteiger charge is 2.38. The molecule has 0 fully saturated rings. The van der Waals surface area contributed by atoms with Gasteiger partial charge in [-0.3, -0.25) is 24.8 Å². The molecule has 1 N–H and O–H groups in total. The molecular formula is C12H17N3O7S. The minimum atomic E-state index is -4.97. The lowest BCUT2D eigenvalue weighted by Crippen LogP contribution is -2.26. The second-order valence-electron chi connectivity index (χ2n) is 4.76. The van der Waals surface area contributed by atoms with Gasteiger partial charge in [-0.25, -0.2) is 0 Å². The van der Waals surface area contributed by atoms with Crippen LogP contribution >= 0.6 is 0 Å². The standard InChI is InChI=1S/C12H17N3O7S/c1-3-7-13(8-4-2)9-5-6-10(23(20,21)22)12(15(18)19)11(9)14(16)17/h5-6H,3-4,7-8H2,1-2H3,(H,20,21,22). The second kappa shape index (κ2) is 7.33. The highest BCUT2D eigenvalue weighted by atomic mass is 32.2. The summed E-state index contributed by atoms with van der Waals surface area (Å²) < 4.78 is 31.7. The van der Waals surface area contributed by atoms with Gasteiger partial charge in [0.05, 0.1) is 9.85 Å². The van der Waals surface area contributed by atoms with Gasteiger partial charge in [0.15, 0.2) is 4.90 Å². The molecule has 1 aromatic rings. The molecule has 1 rings (SSSR count). The van der Waals surface area contributed by atoms with Crippen molar-refractivity contribution in [1.29, 1.82) is 0 Å². The highest BCUT2D eigenvalue weighted by Crippen LogP contribution is 2.41. The topological polar surface area (TPSA) is 144 Å². The van der Waals surface area contributed by atoms with Crippen molar-refractivity contribution in [2.45, 2.75) is 31.6 Å². The average Bonchev–Trinajstić information content (AvgIpc) is 2.44. The van der Waals surface area contributed by atoms with E-state index in [2.05, 4.69) is 0 Å². The molecule has 128 valence electrons. The molecule has 0 aliphatic heterocycles. The van der Waals surface area contributed by atoms with Crippen LogP contribution in [0.2, 0.25) is 0 Å². The Morgan fingerprint density at radius 3 is 1.87 bits per heavy atom. The molecule has 1 aromatic carbocycles. The molecule has 0 aromatic heterocycles. The molecule has 0 amide bonds. The summed E-state index contributed by atoms with van der Waals surface area (Å²) in [6.07, 6.45) is 1.29. The maximum atomic E-state index is 11.3. The SMILES string of the molecule is CCCN(CCC)c1ccc(S(=O)(=O)O)c([N+](=O)[O-])c1[N+](=O)[O-]. The molecule has 23 heavy (non-hydrogen) atoms. The molecule has 0 bridgehead atoms. The third-order valence-corrected chi connectivity index (χ3v) is 3.95. The van der Waals surface area contributed by atoms with Crippen LogP contribution in [-0.2, 0) is 10.1 Å². The maximum absolute atomic E-state index is 11.3. The zero-order chi connectivity index (χ0) is 17.8. The van der Waals surface area contributed by atoms with E-state index in [-0.39, 0.29) is 5.69 Å². The van der Waals surface area contributed by atoms with Crippen LogP contribution in [0.1, 0.15) is 26.7 Å². The number of anilines is 1. The lowest BCUT2D eigenvalue weighted by Gasteiger charge is -2.23. The van der Waals surface area contributed by atoms with Gasteiger partial charge in [0.25, 0.3) is 0 Å². The van der Waals surface area contributed by atoms with Gasteiger partial charge in [-0.05, 0) is 25.0 Å². The molecule has 0 radical (unpaired) electrons. The van der Waals surface area contributed by atoms with Gasteiger partial charge in [-0.1, -0.05) is 13.8 Å². The van der Waals surface area contributed by atoms with Crippen molar-refractivity contribution in [3.63, 3.8) is 0 Å². The van der Waals surface area contributed by atoms with E-state index < -0.39 is 36.2 Å². The van der Waals surface area contributed by atoms with Gasteiger partial charge in [0.1, 0.15) is 5.69 Å². The van der Waals surface area contributed by atoms with Crippen molar-refractivity contribution in [2.24, 2.45) is 0 Å². The minimum absolute atomic E-state index is 0.0437. The molecule has 10 nitrogen and oxygen atoms in total. The molecule has 0 aliphatic carbocycles. The predicted octanol–water partition coefficient (Wildman–Crippen LogP) is 2.38. The fourth-order valence-corrected chi connectivity index (χ4v) is 2.92. The van der Waals surface area contributed by atoms with Gasteiger partial charge in [-0.2, -0.15) is 8.42 Å². The van der Waals surface area contributed by atoms with E-state index in [1.165, 1.54) is 0 Å². The average molecular weight is 347 g/mol. The number of hydrogen-bond donors (Lipinski definition) is 1. The van der Waals surface area contributed by atoms with Crippen LogP contribution in [0.25, 0.3) is 0 Å². The van der Waals surface area contributed by atoms with Crippen LogP contribution in [0.15, 0.2) is 17.0 Å². The van der Waals surface area contributed by atoms with Gasteiger partial charge < -0.3 is 4.90 Å². The maximum Gasteiger partial charge on any atom is 0.370 e. The predicted molar refractivity (Wildman–Crippen MR) is 82.4 cm³/mol. The van der Waals surface area contributed by atoms with E-state index in [4.69, 9.17) is 4.55 Å². The molecule has 0 atom stereocenters. The third-order valence-electron chi connectivity index (χ3n) is 3.06. The quantitative estimate of drug-likeness (QED) is 0.428. The number of nitro groups is 2. The zero-order valence-corrected chi connectivity index (χ0v) is 13.4. The largest absolute Gasteiger partial charge is 0.370 e. The van der Waals surface area contributed by atoms with Crippen LogP contribution in [0.5, 0.6) is 0 Å².